The largest absolute Gasteiger partial charge is 0.389 e. The molecule has 1 heterocycles. The van der Waals surface area contributed by atoms with Crippen LogP contribution in [0.3, 0.4) is 0 Å². The van der Waals surface area contributed by atoms with E-state index in [4.69, 9.17) is 10.5 Å². The second kappa shape index (κ2) is 4.22. The van der Waals surface area contributed by atoms with Gasteiger partial charge in [0.15, 0.2) is 6.29 Å². The number of carbonyl (C=O) groups excluding carboxylic acids is 1. The molecule has 5 atom stereocenters. The van der Waals surface area contributed by atoms with E-state index in [0.29, 0.717) is 0 Å². The lowest BCUT2D eigenvalue weighted by molar-refractivity contribution is -0.210. The smallest absolute Gasteiger partial charge is 0.217 e. The molecule has 1 rings (SSSR count). The van der Waals surface area contributed by atoms with Gasteiger partial charge in [0.05, 0.1) is 18.2 Å². The monoisotopic (exact) mass is 204 g/mol. The Balaban J connectivity index is 2.68. The molecule has 0 spiro atoms. The van der Waals surface area contributed by atoms with Crippen LogP contribution in [0, 0.1) is 0 Å². The molecule has 1 saturated heterocycles. The zero-order valence-corrected chi connectivity index (χ0v) is 8.18. The van der Waals surface area contributed by atoms with Crippen LogP contribution in [-0.2, 0) is 9.53 Å². The minimum atomic E-state index is -1.22. The van der Waals surface area contributed by atoms with Gasteiger partial charge in [-0.1, -0.05) is 0 Å². The van der Waals surface area contributed by atoms with Crippen LogP contribution < -0.4 is 11.1 Å². The van der Waals surface area contributed by atoms with E-state index in [1.54, 1.807) is 6.92 Å². The summed E-state index contributed by atoms with van der Waals surface area (Å²) in [5.74, 6) is -0.349. The van der Waals surface area contributed by atoms with Crippen molar-refractivity contribution < 1.29 is 19.7 Å². The van der Waals surface area contributed by atoms with Crippen LogP contribution in [-0.4, -0.2) is 46.7 Å². The zero-order valence-electron chi connectivity index (χ0n) is 8.18. The van der Waals surface area contributed by atoms with Crippen LogP contribution in [0.25, 0.3) is 0 Å². The van der Waals surface area contributed by atoms with Gasteiger partial charge in [0.1, 0.15) is 6.04 Å². The van der Waals surface area contributed by atoms with Gasteiger partial charge in [-0.05, 0) is 6.92 Å². The molecule has 0 bridgehead atoms. The lowest BCUT2D eigenvalue weighted by atomic mass is 9.96. The SMILES string of the molecule is CC(=O)N[C@H]1C(O)O[C@H](C)[C@H](N)[C@@H]1O. The van der Waals surface area contributed by atoms with Crippen LogP contribution in [0.4, 0.5) is 0 Å². The molecule has 14 heavy (non-hydrogen) atoms. The van der Waals surface area contributed by atoms with E-state index in [1.165, 1.54) is 6.92 Å². The maximum Gasteiger partial charge on any atom is 0.217 e. The lowest BCUT2D eigenvalue weighted by Crippen LogP contribution is -2.65. The number of nitrogens with two attached hydrogens (primary N) is 1. The molecule has 0 radical (unpaired) electrons. The summed E-state index contributed by atoms with van der Waals surface area (Å²) in [5, 5.41) is 21.5. The van der Waals surface area contributed by atoms with Gasteiger partial charge >= 0.3 is 0 Å². The fraction of sp³-hybridized carbons (Fsp3) is 0.875. The second-order valence-corrected chi connectivity index (χ2v) is 3.53. The Labute approximate surface area is 82.0 Å². The molecule has 1 fully saturated rings. The Morgan fingerprint density at radius 2 is 2.07 bits per heavy atom. The van der Waals surface area contributed by atoms with Gasteiger partial charge in [-0.15, -0.1) is 0 Å². The third-order valence-corrected chi connectivity index (χ3v) is 2.34. The van der Waals surface area contributed by atoms with Gasteiger partial charge in [-0.25, -0.2) is 0 Å². The number of carbonyl (C=O) groups is 1. The third kappa shape index (κ3) is 2.21. The first-order chi connectivity index (χ1) is 6.43. The summed E-state index contributed by atoms with van der Waals surface area (Å²) in [6.45, 7) is 2.95. The van der Waals surface area contributed by atoms with Crippen molar-refractivity contribution in [3.8, 4) is 0 Å². The van der Waals surface area contributed by atoms with Gasteiger partial charge in [0.2, 0.25) is 5.91 Å². The topological polar surface area (TPSA) is 105 Å². The van der Waals surface area contributed by atoms with Gasteiger partial charge in [0, 0.05) is 6.92 Å². The van der Waals surface area contributed by atoms with Crippen LogP contribution in [0.1, 0.15) is 13.8 Å². The van der Waals surface area contributed by atoms with Gasteiger partial charge in [-0.3, -0.25) is 4.79 Å². The molecule has 6 nitrogen and oxygen atoms in total. The molecule has 0 aromatic carbocycles. The average Bonchev–Trinajstić information content (AvgIpc) is 2.09. The molecular weight excluding hydrogens is 188 g/mol. The summed E-state index contributed by atoms with van der Waals surface area (Å²) >= 11 is 0. The number of nitrogens with one attached hydrogen (secondary N) is 1. The van der Waals surface area contributed by atoms with E-state index >= 15 is 0 Å². The number of aliphatic hydroxyl groups excluding tert-OH is 2. The number of ether oxygens (including phenoxy) is 1. The molecule has 5 N–H and O–H groups in total. The number of amides is 1. The Hall–Kier alpha value is -0.690. The fourth-order valence-corrected chi connectivity index (χ4v) is 1.47. The maximum atomic E-state index is 10.8. The lowest BCUT2D eigenvalue weighted by Gasteiger charge is -2.40. The van der Waals surface area contributed by atoms with Crippen molar-refractivity contribution in [3.05, 3.63) is 0 Å². The highest BCUT2D eigenvalue weighted by Gasteiger charge is 2.41. The maximum absolute atomic E-state index is 10.8. The van der Waals surface area contributed by atoms with Crippen LogP contribution in [0.2, 0.25) is 0 Å². The van der Waals surface area contributed by atoms with E-state index in [1.807, 2.05) is 0 Å². The van der Waals surface area contributed by atoms with Crippen molar-refractivity contribution in [1.82, 2.24) is 5.32 Å². The molecule has 6 heteroatoms. The fourth-order valence-electron chi connectivity index (χ4n) is 1.47. The highest BCUT2D eigenvalue weighted by Crippen LogP contribution is 2.17. The van der Waals surface area contributed by atoms with Crippen molar-refractivity contribution in [1.29, 1.82) is 0 Å². The van der Waals surface area contributed by atoms with E-state index in [-0.39, 0.29) is 5.91 Å². The molecule has 1 aliphatic heterocycles. The first kappa shape index (κ1) is 11.4. The van der Waals surface area contributed by atoms with Gasteiger partial charge in [-0.2, -0.15) is 0 Å². The van der Waals surface area contributed by atoms with Crippen LogP contribution in [0.5, 0.6) is 0 Å². The van der Waals surface area contributed by atoms with Gasteiger partial charge < -0.3 is 26.0 Å². The molecule has 82 valence electrons. The average molecular weight is 204 g/mol. The molecule has 0 aromatic rings. The van der Waals surface area contributed by atoms with Gasteiger partial charge in [0.25, 0.3) is 0 Å². The first-order valence-corrected chi connectivity index (χ1v) is 4.47. The summed E-state index contributed by atoms with van der Waals surface area (Å²) in [5.41, 5.74) is 5.61. The van der Waals surface area contributed by atoms with Crippen molar-refractivity contribution in [2.24, 2.45) is 5.73 Å². The predicted molar refractivity (Wildman–Crippen MR) is 48.1 cm³/mol. The molecule has 0 aliphatic carbocycles. The Bertz CT molecular complexity index is 223. The zero-order chi connectivity index (χ0) is 10.9. The number of hydrogen-bond donors (Lipinski definition) is 4. The Morgan fingerprint density at radius 3 is 2.57 bits per heavy atom. The number of rotatable bonds is 1. The van der Waals surface area contributed by atoms with E-state index in [0.717, 1.165) is 0 Å². The molecule has 0 aromatic heterocycles. The highest BCUT2D eigenvalue weighted by atomic mass is 16.6. The Morgan fingerprint density at radius 1 is 1.50 bits per heavy atom. The van der Waals surface area contributed by atoms with E-state index < -0.39 is 30.6 Å². The van der Waals surface area contributed by atoms with Crippen molar-refractivity contribution in [2.75, 3.05) is 0 Å². The molecule has 0 saturated carbocycles. The predicted octanol–water partition coefficient (Wildman–Crippen LogP) is -2.08. The van der Waals surface area contributed by atoms with Crippen LogP contribution >= 0.6 is 0 Å². The molecular formula is C8H16N2O4. The summed E-state index contributed by atoms with van der Waals surface area (Å²) in [4.78, 5) is 10.8. The van der Waals surface area contributed by atoms with E-state index in [9.17, 15) is 15.0 Å². The van der Waals surface area contributed by atoms with Crippen molar-refractivity contribution in [2.45, 2.75) is 44.4 Å². The first-order valence-electron chi connectivity index (χ1n) is 4.47. The van der Waals surface area contributed by atoms with E-state index in [2.05, 4.69) is 5.32 Å². The molecule has 1 unspecified atom stereocenters. The second-order valence-electron chi connectivity index (χ2n) is 3.53. The summed E-state index contributed by atoms with van der Waals surface area (Å²) in [6, 6.07) is -1.48. The van der Waals surface area contributed by atoms with Crippen molar-refractivity contribution >= 4 is 5.91 Å². The normalized spacial score (nSPS) is 43.4. The number of aliphatic hydroxyl groups is 2. The highest BCUT2D eigenvalue weighted by molar-refractivity contribution is 5.73. The summed E-state index contributed by atoms with van der Waals surface area (Å²) in [6.07, 6.45) is -2.66. The van der Waals surface area contributed by atoms with Crippen molar-refractivity contribution in [3.63, 3.8) is 0 Å². The third-order valence-electron chi connectivity index (χ3n) is 2.34. The minimum absolute atomic E-state index is 0.349. The Kier molecular flexibility index (Phi) is 3.43. The minimum Gasteiger partial charge on any atom is -0.389 e. The standard InChI is InChI=1S/C8H16N2O4/c1-3-5(9)7(12)6(8(13)14-3)10-4(2)11/h3,5-8,12-13H,9H2,1-2H3,(H,10,11)/t3-,5+,6-,7+,8?/m1/s1. The quantitative estimate of drug-likeness (QED) is 0.392. The van der Waals surface area contributed by atoms with Crippen LogP contribution in [0.15, 0.2) is 0 Å². The number of hydrogen-bond acceptors (Lipinski definition) is 5. The summed E-state index contributed by atoms with van der Waals surface area (Å²) in [7, 11) is 0. The molecule has 1 amide bonds. The summed E-state index contributed by atoms with van der Waals surface area (Å²) < 4.78 is 5.04. The molecule has 1 aliphatic rings.